The molecular weight excluding hydrogens is 366 g/mol. The summed E-state index contributed by atoms with van der Waals surface area (Å²) in [6.07, 6.45) is 0.976. The van der Waals surface area contributed by atoms with E-state index in [0.717, 1.165) is 22.4 Å². The summed E-state index contributed by atoms with van der Waals surface area (Å²) in [6, 6.07) is 14.8. The van der Waals surface area contributed by atoms with Gasteiger partial charge in [-0.2, -0.15) is 0 Å². The number of nitrogens with zero attached hydrogens (tertiary/aromatic N) is 1. The number of urea groups is 1. The van der Waals surface area contributed by atoms with Crippen molar-refractivity contribution in [1.29, 1.82) is 0 Å². The Morgan fingerprint density at radius 3 is 2.41 bits per heavy atom. The first-order chi connectivity index (χ1) is 13.9. The van der Waals surface area contributed by atoms with Crippen molar-refractivity contribution in [2.45, 2.75) is 39.8 Å². The van der Waals surface area contributed by atoms with Gasteiger partial charge in [0.15, 0.2) is 0 Å². The van der Waals surface area contributed by atoms with Crippen LogP contribution in [0.1, 0.15) is 53.9 Å². The highest BCUT2D eigenvalue weighted by molar-refractivity contribution is 6.02. The molecule has 1 aliphatic heterocycles. The predicted molar refractivity (Wildman–Crippen MR) is 111 cm³/mol. The highest BCUT2D eigenvalue weighted by Gasteiger charge is 2.28. The molecule has 6 nitrogen and oxygen atoms in total. The van der Waals surface area contributed by atoms with Gasteiger partial charge in [0, 0.05) is 5.56 Å². The van der Waals surface area contributed by atoms with Crippen LogP contribution in [-0.2, 0) is 17.8 Å². The van der Waals surface area contributed by atoms with Crippen molar-refractivity contribution in [2.24, 2.45) is 5.92 Å². The fraction of sp³-hybridized carbons (Fsp3) is 0.348. The van der Waals surface area contributed by atoms with Crippen LogP contribution in [0.4, 0.5) is 4.79 Å². The van der Waals surface area contributed by atoms with Gasteiger partial charge >= 0.3 is 6.03 Å². The van der Waals surface area contributed by atoms with Crippen molar-refractivity contribution in [2.75, 3.05) is 6.54 Å². The van der Waals surface area contributed by atoms with E-state index >= 15 is 0 Å². The fourth-order valence-electron chi connectivity index (χ4n) is 3.43. The van der Waals surface area contributed by atoms with E-state index in [0.29, 0.717) is 5.56 Å². The van der Waals surface area contributed by atoms with Gasteiger partial charge in [-0.15, -0.1) is 0 Å². The second kappa shape index (κ2) is 8.90. The minimum atomic E-state index is -0.403. The molecule has 2 aromatic rings. The van der Waals surface area contributed by atoms with Crippen LogP contribution < -0.4 is 10.6 Å². The quantitative estimate of drug-likeness (QED) is 0.708. The van der Waals surface area contributed by atoms with Gasteiger partial charge in [-0.3, -0.25) is 14.5 Å². The van der Waals surface area contributed by atoms with Crippen LogP contribution in [0.15, 0.2) is 48.5 Å². The summed E-state index contributed by atoms with van der Waals surface area (Å²) in [5.41, 5.74) is 3.57. The lowest BCUT2D eigenvalue weighted by Crippen LogP contribution is -2.32. The molecule has 0 saturated carbocycles. The van der Waals surface area contributed by atoms with Crippen molar-refractivity contribution in [3.8, 4) is 0 Å². The number of hydrogen-bond donors (Lipinski definition) is 2. The molecule has 1 saturated heterocycles. The lowest BCUT2D eigenvalue weighted by Gasteiger charge is -2.23. The van der Waals surface area contributed by atoms with Gasteiger partial charge < -0.3 is 10.6 Å². The van der Waals surface area contributed by atoms with E-state index in [2.05, 4.69) is 55.7 Å². The van der Waals surface area contributed by atoms with E-state index in [9.17, 15) is 14.4 Å². The third-order valence-electron chi connectivity index (χ3n) is 5.17. The summed E-state index contributed by atoms with van der Waals surface area (Å²) in [5, 5.41) is 5.63. The zero-order valence-corrected chi connectivity index (χ0v) is 17.1. The van der Waals surface area contributed by atoms with Crippen LogP contribution in [0.25, 0.3) is 0 Å². The highest BCUT2D eigenvalue weighted by atomic mass is 16.2. The molecule has 0 aliphatic carbocycles. The maximum atomic E-state index is 12.9. The first-order valence-electron chi connectivity index (χ1n) is 9.96. The number of aryl methyl sites for hydroxylation is 1. The summed E-state index contributed by atoms with van der Waals surface area (Å²) < 4.78 is 0. The predicted octanol–water partition coefficient (Wildman–Crippen LogP) is 3.43. The van der Waals surface area contributed by atoms with Gasteiger partial charge in [-0.1, -0.05) is 57.2 Å². The van der Waals surface area contributed by atoms with Crippen LogP contribution in [0.2, 0.25) is 0 Å². The first kappa shape index (κ1) is 20.6. The number of amides is 4. The third kappa shape index (κ3) is 4.83. The molecule has 0 radical (unpaired) electrons. The first-order valence-corrected chi connectivity index (χ1v) is 9.96. The van der Waals surface area contributed by atoms with Gasteiger partial charge in [0.2, 0.25) is 5.91 Å². The van der Waals surface area contributed by atoms with E-state index in [1.807, 2.05) is 0 Å². The van der Waals surface area contributed by atoms with E-state index in [4.69, 9.17) is 0 Å². The number of hydrogen-bond acceptors (Lipinski definition) is 3. The number of nitrogens with one attached hydrogen (secondary N) is 2. The number of benzene rings is 2. The van der Waals surface area contributed by atoms with E-state index in [-0.39, 0.29) is 36.9 Å². The van der Waals surface area contributed by atoms with Gasteiger partial charge in [-0.05, 0) is 41.2 Å². The Morgan fingerprint density at radius 1 is 1.10 bits per heavy atom. The standard InChI is InChI=1S/C23H27N3O3/c1-4-16-8-10-18(11-9-16)21(15(2)3)25-22(28)19-7-5-6-17(12-19)14-26-20(27)13-24-23(26)29/h5-12,15,21H,4,13-14H2,1-3H3,(H,24,29)(H,25,28)/t21-/m1/s1. The number of imide groups is 1. The summed E-state index contributed by atoms with van der Waals surface area (Å²) >= 11 is 0. The van der Waals surface area contributed by atoms with E-state index in [1.165, 1.54) is 5.56 Å². The number of carbonyl (C=O) groups excluding carboxylic acids is 3. The van der Waals surface area contributed by atoms with Crippen molar-refractivity contribution < 1.29 is 14.4 Å². The second-order valence-corrected chi connectivity index (χ2v) is 7.63. The molecule has 6 heteroatoms. The molecule has 0 spiro atoms. The Morgan fingerprint density at radius 2 is 1.83 bits per heavy atom. The van der Waals surface area contributed by atoms with Crippen LogP contribution in [-0.4, -0.2) is 29.3 Å². The van der Waals surface area contributed by atoms with E-state index < -0.39 is 6.03 Å². The Labute approximate surface area is 171 Å². The molecule has 29 heavy (non-hydrogen) atoms. The topological polar surface area (TPSA) is 78.5 Å². The van der Waals surface area contributed by atoms with Crippen LogP contribution in [0, 0.1) is 5.92 Å². The molecule has 4 amide bonds. The van der Waals surface area contributed by atoms with E-state index in [1.54, 1.807) is 24.3 Å². The molecule has 0 unspecified atom stereocenters. The summed E-state index contributed by atoms with van der Waals surface area (Å²) in [4.78, 5) is 37.6. The molecule has 152 valence electrons. The zero-order valence-electron chi connectivity index (χ0n) is 17.1. The summed E-state index contributed by atoms with van der Waals surface area (Å²) in [6.45, 7) is 6.44. The lowest BCUT2D eigenvalue weighted by atomic mass is 9.94. The molecule has 1 atom stereocenters. The molecule has 2 aromatic carbocycles. The molecule has 2 N–H and O–H groups in total. The fourth-order valence-corrected chi connectivity index (χ4v) is 3.43. The average Bonchev–Trinajstić information content (AvgIpc) is 3.04. The van der Waals surface area contributed by atoms with Crippen LogP contribution in [0.3, 0.4) is 0 Å². The SMILES string of the molecule is CCc1ccc([C@H](NC(=O)c2cccc(CN3C(=O)CNC3=O)c2)C(C)C)cc1. The molecule has 0 aromatic heterocycles. The van der Waals surface area contributed by atoms with Crippen molar-refractivity contribution in [1.82, 2.24) is 15.5 Å². The van der Waals surface area contributed by atoms with Gasteiger partial charge in [0.1, 0.15) is 0 Å². The normalized spacial score (nSPS) is 14.8. The van der Waals surface area contributed by atoms with Gasteiger partial charge in [0.05, 0.1) is 19.1 Å². The molecule has 1 fully saturated rings. The lowest BCUT2D eigenvalue weighted by molar-refractivity contribution is -0.125. The third-order valence-corrected chi connectivity index (χ3v) is 5.17. The number of carbonyl (C=O) groups is 3. The maximum absolute atomic E-state index is 12.9. The molecule has 1 heterocycles. The zero-order chi connectivity index (χ0) is 21.0. The highest BCUT2D eigenvalue weighted by Crippen LogP contribution is 2.23. The van der Waals surface area contributed by atoms with Crippen molar-refractivity contribution in [3.63, 3.8) is 0 Å². The minimum Gasteiger partial charge on any atom is -0.345 e. The van der Waals surface area contributed by atoms with Crippen LogP contribution >= 0.6 is 0 Å². The Hall–Kier alpha value is -3.15. The molecule has 1 aliphatic rings. The summed E-state index contributed by atoms with van der Waals surface area (Å²) in [5.74, 6) is -0.219. The maximum Gasteiger partial charge on any atom is 0.324 e. The second-order valence-electron chi connectivity index (χ2n) is 7.63. The van der Waals surface area contributed by atoms with Crippen LogP contribution in [0.5, 0.6) is 0 Å². The van der Waals surface area contributed by atoms with Crippen molar-refractivity contribution >= 4 is 17.8 Å². The smallest absolute Gasteiger partial charge is 0.324 e. The Bertz CT molecular complexity index is 890. The average molecular weight is 393 g/mol. The Balaban J connectivity index is 1.74. The molecule has 0 bridgehead atoms. The van der Waals surface area contributed by atoms with Crippen molar-refractivity contribution in [3.05, 3.63) is 70.8 Å². The largest absolute Gasteiger partial charge is 0.345 e. The van der Waals surface area contributed by atoms with Gasteiger partial charge in [0.25, 0.3) is 5.91 Å². The minimum absolute atomic E-state index is 0.0197. The molecule has 3 rings (SSSR count). The number of rotatable bonds is 7. The monoisotopic (exact) mass is 393 g/mol. The Kier molecular flexibility index (Phi) is 6.32. The summed E-state index contributed by atoms with van der Waals surface area (Å²) in [7, 11) is 0. The molecular formula is C23H27N3O3. The van der Waals surface area contributed by atoms with Gasteiger partial charge in [-0.25, -0.2) is 4.79 Å².